The van der Waals surface area contributed by atoms with E-state index < -0.39 is 15.4 Å². The quantitative estimate of drug-likeness (QED) is 0.415. The van der Waals surface area contributed by atoms with Crippen molar-refractivity contribution in [3.05, 3.63) is 35.9 Å². The molecule has 1 aromatic heterocycles. The molecule has 1 heterocycles. The van der Waals surface area contributed by atoms with Gasteiger partial charge in [0.2, 0.25) is 14.2 Å². The van der Waals surface area contributed by atoms with Crippen LogP contribution in [0.1, 0.15) is 79.1 Å². The molecule has 2 aromatic rings. The first kappa shape index (κ1) is 24.9. The minimum Gasteiger partial charge on any atom is -0.390 e. The van der Waals surface area contributed by atoms with Gasteiger partial charge in [0.05, 0.1) is 21.6 Å². The number of benzene rings is 1. The summed E-state index contributed by atoms with van der Waals surface area (Å²) in [5, 5.41) is 10.1. The lowest BCUT2D eigenvalue weighted by molar-refractivity contribution is 0.0596. The van der Waals surface area contributed by atoms with Crippen LogP contribution >= 0.6 is 11.3 Å². The lowest BCUT2D eigenvalue weighted by atomic mass is 9.61. The third-order valence-corrected chi connectivity index (χ3v) is 11.3. The molecule has 6 heteroatoms. The van der Waals surface area contributed by atoms with Gasteiger partial charge in [0.1, 0.15) is 0 Å². The Bertz CT molecular complexity index is 1080. The molecule has 0 radical (unpaired) electrons. The number of aliphatic hydroxyl groups is 1. The summed E-state index contributed by atoms with van der Waals surface area (Å²) < 4.78 is 27.3. The predicted octanol–water partition coefficient (Wildman–Crippen LogP) is 6.79. The molecule has 1 N–H and O–H groups in total. The lowest BCUT2D eigenvalue weighted by Gasteiger charge is -2.44. The molecule has 1 aromatic carbocycles. The normalized spacial score (nSPS) is 28.3. The van der Waals surface area contributed by atoms with E-state index in [1.165, 1.54) is 36.2 Å². The molecule has 0 unspecified atom stereocenters. The first-order valence-corrected chi connectivity index (χ1v) is 15.0. The van der Waals surface area contributed by atoms with E-state index in [4.69, 9.17) is 0 Å². The first-order chi connectivity index (χ1) is 15.5. The molecule has 2 aliphatic carbocycles. The summed E-state index contributed by atoms with van der Waals surface area (Å²) in [5.74, 6) is 1.86. The van der Waals surface area contributed by atoms with Crippen LogP contribution in [0, 0.1) is 23.2 Å². The average Bonchev–Trinajstić information content (AvgIpc) is 3.33. The van der Waals surface area contributed by atoms with Gasteiger partial charge in [-0.05, 0) is 87.7 Å². The summed E-state index contributed by atoms with van der Waals surface area (Å²) in [7, 11) is -3.42. The third-order valence-electron chi connectivity index (χ3n) is 8.28. The zero-order chi connectivity index (χ0) is 23.9. The van der Waals surface area contributed by atoms with Crippen LogP contribution in [0.15, 0.2) is 40.3 Å². The number of nitrogens with zero attached hydrogens (tertiary/aromatic N) is 1. The smallest absolute Gasteiger partial charge is 0.210 e. The minimum absolute atomic E-state index is 0.0561. The molecule has 2 aliphatic rings. The van der Waals surface area contributed by atoms with E-state index in [0.29, 0.717) is 17.8 Å². The second kappa shape index (κ2) is 9.43. The second-order valence-electron chi connectivity index (χ2n) is 11.3. The Morgan fingerprint density at radius 3 is 2.79 bits per heavy atom. The van der Waals surface area contributed by atoms with Crippen LogP contribution in [0.4, 0.5) is 0 Å². The first-order valence-electron chi connectivity index (χ1n) is 12.5. The number of hydrogen-bond acceptors (Lipinski definition) is 5. The van der Waals surface area contributed by atoms with E-state index in [2.05, 4.69) is 18.8 Å². The van der Waals surface area contributed by atoms with E-state index in [9.17, 15) is 13.5 Å². The van der Waals surface area contributed by atoms with E-state index >= 15 is 0 Å². The minimum atomic E-state index is -3.42. The van der Waals surface area contributed by atoms with Gasteiger partial charge < -0.3 is 5.11 Å². The van der Waals surface area contributed by atoms with E-state index in [1.807, 2.05) is 44.2 Å². The van der Waals surface area contributed by atoms with E-state index in [0.717, 1.165) is 42.3 Å². The van der Waals surface area contributed by atoms with Crippen molar-refractivity contribution in [2.75, 3.05) is 5.75 Å². The van der Waals surface area contributed by atoms with Gasteiger partial charge in [-0.3, -0.25) is 0 Å². The van der Waals surface area contributed by atoms with Crippen molar-refractivity contribution in [2.45, 2.75) is 89.0 Å². The highest BCUT2D eigenvalue weighted by Crippen LogP contribution is 2.59. The molecular weight excluding hydrogens is 450 g/mol. The molecule has 0 saturated heterocycles. The molecule has 4 nitrogen and oxygen atoms in total. The number of para-hydroxylation sites is 1. The van der Waals surface area contributed by atoms with Gasteiger partial charge in [-0.1, -0.05) is 50.5 Å². The zero-order valence-electron chi connectivity index (χ0n) is 20.5. The third kappa shape index (κ3) is 5.38. The number of allylic oxidation sites excluding steroid dienone is 1. The highest BCUT2D eigenvalue weighted by molar-refractivity contribution is 7.93. The van der Waals surface area contributed by atoms with Gasteiger partial charge in [-0.15, -0.1) is 11.3 Å². The summed E-state index contributed by atoms with van der Waals surface area (Å²) in [6.07, 6.45) is 10.9. The van der Waals surface area contributed by atoms with Gasteiger partial charge in [-0.25, -0.2) is 13.4 Å². The predicted molar refractivity (Wildman–Crippen MR) is 137 cm³/mol. The molecule has 0 spiro atoms. The zero-order valence-corrected chi connectivity index (χ0v) is 22.1. The molecule has 2 saturated carbocycles. The van der Waals surface area contributed by atoms with Crippen LogP contribution in [0.3, 0.4) is 0 Å². The molecule has 4 atom stereocenters. The lowest BCUT2D eigenvalue weighted by Crippen LogP contribution is -2.36. The fourth-order valence-corrected chi connectivity index (χ4v) is 9.08. The van der Waals surface area contributed by atoms with Crippen molar-refractivity contribution in [3.63, 3.8) is 0 Å². The fourth-order valence-electron chi connectivity index (χ4n) is 6.59. The van der Waals surface area contributed by atoms with Crippen LogP contribution in [-0.2, 0) is 9.84 Å². The molecule has 2 fully saturated rings. The van der Waals surface area contributed by atoms with Crippen LogP contribution in [-0.4, -0.2) is 29.9 Å². The van der Waals surface area contributed by atoms with Gasteiger partial charge >= 0.3 is 0 Å². The fraction of sp³-hybridized carbons (Fsp3) is 0.667. The van der Waals surface area contributed by atoms with Crippen molar-refractivity contribution in [3.8, 4) is 0 Å². The van der Waals surface area contributed by atoms with Crippen molar-refractivity contribution >= 4 is 31.4 Å². The molecule has 0 aliphatic heterocycles. The number of rotatable bonds is 8. The molecular formula is C27H39NO3S2. The molecule has 4 rings (SSSR count). The number of fused-ring (bicyclic) bond motifs is 2. The summed E-state index contributed by atoms with van der Waals surface area (Å²) in [5.41, 5.74) is 1.80. The highest BCUT2D eigenvalue weighted by atomic mass is 32.2. The Labute approximate surface area is 203 Å². The highest BCUT2D eigenvalue weighted by Gasteiger charge is 2.50. The van der Waals surface area contributed by atoms with Gasteiger partial charge in [0.25, 0.3) is 0 Å². The monoisotopic (exact) mass is 489 g/mol. The number of sulfone groups is 1. The SMILES string of the molecule is C[C@H](CCCC(C)(C)O)[C@H]1CC[C@H]2/C(=C/CS(=O)(=O)c3nc4ccccc4s3)CCC[C@]12C. The maximum atomic E-state index is 13.1. The van der Waals surface area contributed by atoms with Gasteiger partial charge in [0.15, 0.2) is 0 Å². The maximum absolute atomic E-state index is 13.1. The number of thiazole rings is 1. The van der Waals surface area contributed by atoms with Crippen LogP contribution in [0.2, 0.25) is 0 Å². The Morgan fingerprint density at radius 2 is 2.06 bits per heavy atom. The molecule has 182 valence electrons. The van der Waals surface area contributed by atoms with Gasteiger partial charge in [0, 0.05) is 0 Å². The number of hydrogen-bond donors (Lipinski definition) is 1. The van der Waals surface area contributed by atoms with Crippen molar-refractivity contribution < 1.29 is 13.5 Å². The maximum Gasteiger partial charge on any atom is 0.210 e. The topological polar surface area (TPSA) is 67.3 Å². The van der Waals surface area contributed by atoms with Crippen molar-refractivity contribution in [1.82, 2.24) is 4.98 Å². The summed E-state index contributed by atoms with van der Waals surface area (Å²) in [4.78, 5) is 4.39. The molecule has 0 amide bonds. The summed E-state index contributed by atoms with van der Waals surface area (Å²) in [6, 6.07) is 7.62. The second-order valence-corrected chi connectivity index (χ2v) is 14.5. The van der Waals surface area contributed by atoms with Crippen molar-refractivity contribution in [1.29, 1.82) is 0 Å². The Morgan fingerprint density at radius 1 is 1.30 bits per heavy atom. The van der Waals surface area contributed by atoms with Crippen LogP contribution < -0.4 is 0 Å². The van der Waals surface area contributed by atoms with Gasteiger partial charge in [-0.2, -0.15) is 0 Å². The Kier molecular flexibility index (Phi) is 7.10. The van der Waals surface area contributed by atoms with E-state index in [-0.39, 0.29) is 15.5 Å². The standard InChI is InChI=1S/C27H39NO3S2/c1-19(9-7-16-26(2,3)29)21-13-14-22-20(10-8-17-27(21,22)4)15-18-33(30,31)25-28-23-11-5-6-12-24(23)32-25/h5-6,11-12,15,19,21-22,29H,7-10,13-14,16-18H2,1-4H3/b20-15+/t19-,21-,22+,27-/m1/s1. The summed E-state index contributed by atoms with van der Waals surface area (Å²) in [6.45, 7) is 8.63. The average molecular weight is 490 g/mol. The Hall–Kier alpha value is -1.24. The van der Waals surface area contributed by atoms with E-state index in [1.54, 1.807) is 0 Å². The largest absolute Gasteiger partial charge is 0.390 e. The molecule has 33 heavy (non-hydrogen) atoms. The summed E-state index contributed by atoms with van der Waals surface area (Å²) >= 11 is 1.28. The Balaban J connectivity index is 1.46. The van der Waals surface area contributed by atoms with Crippen molar-refractivity contribution in [2.24, 2.45) is 23.2 Å². The number of aromatic nitrogens is 1. The van der Waals surface area contributed by atoms with Crippen LogP contribution in [0.25, 0.3) is 10.2 Å². The molecule has 0 bridgehead atoms. The van der Waals surface area contributed by atoms with Crippen LogP contribution in [0.5, 0.6) is 0 Å².